The highest BCUT2D eigenvalue weighted by Crippen LogP contribution is 2.93. The first kappa shape index (κ1) is 7.92. The van der Waals surface area contributed by atoms with E-state index in [1.165, 1.54) is 52.3 Å². The number of hydrogen-bond donors (Lipinski definition) is 0. The number of alkyl halides is 1. The summed E-state index contributed by atoms with van der Waals surface area (Å²) in [5.74, 6) is 8.88. The lowest BCUT2D eigenvalue weighted by atomic mass is 9.36. The summed E-state index contributed by atoms with van der Waals surface area (Å²) in [6, 6.07) is 0. The summed E-state index contributed by atoms with van der Waals surface area (Å²) in [6.07, 6.45) is 6.41. The third-order valence-electron chi connectivity index (χ3n) is 6.68. The zero-order chi connectivity index (χ0) is 9.08. The van der Waals surface area contributed by atoms with Gasteiger partial charge in [0.1, 0.15) is 0 Å². The lowest BCUT2D eigenvalue weighted by Gasteiger charge is -2.69. The van der Waals surface area contributed by atoms with Crippen LogP contribution in [0.25, 0.3) is 0 Å². The number of fused-ring (bicyclic) bond motifs is 10. The van der Waals surface area contributed by atoms with Gasteiger partial charge in [0.25, 0.3) is 0 Å². The second-order valence-corrected chi connectivity index (χ2v) is 7.74. The van der Waals surface area contributed by atoms with Crippen molar-refractivity contribution in [1.82, 2.24) is 0 Å². The molecule has 8 atom stereocenters. The van der Waals surface area contributed by atoms with Crippen LogP contribution >= 0.6 is 22.6 Å². The maximum Gasteiger partial charge on any atom is -0.000452 e. The fourth-order valence-corrected chi connectivity index (χ4v) is 6.60. The highest BCUT2D eigenvalue weighted by molar-refractivity contribution is 14.1. The molecule has 5 fully saturated rings. The van der Waals surface area contributed by atoms with E-state index in [4.69, 9.17) is 0 Å². The zero-order valence-corrected chi connectivity index (χ0v) is 10.6. The Labute approximate surface area is 99.4 Å². The summed E-state index contributed by atoms with van der Waals surface area (Å²) < 4.78 is 1.39. The standard InChI is InChI=1S/C13H17I/c14-3-1-2-13-5-8(13)11-9-6-4-7(6)10(9)12(11)13/h6-12H,1-5H2. The van der Waals surface area contributed by atoms with Crippen molar-refractivity contribution < 1.29 is 0 Å². The molecule has 5 aliphatic rings. The molecule has 0 amide bonds. The van der Waals surface area contributed by atoms with Gasteiger partial charge in [-0.15, -0.1) is 0 Å². The fourth-order valence-electron chi connectivity index (χ4n) is 6.21. The molecule has 0 nitrogen and oxygen atoms in total. The van der Waals surface area contributed by atoms with E-state index in [-0.39, 0.29) is 0 Å². The van der Waals surface area contributed by atoms with E-state index in [0.717, 1.165) is 5.41 Å². The monoisotopic (exact) mass is 300 g/mol. The number of halogens is 1. The molecule has 0 radical (unpaired) electrons. The van der Waals surface area contributed by atoms with Gasteiger partial charge in [-0.1, -0.05) is 22.6 Å². The van der Waals surface area contributed by atoms with Crippen molar-refractivity contribution in [1.29, 1.82) is 0 Å². The Morgan fingerprint density at radius 2 is 2.00 bits per heavy atom. The third kappa shape index (κ3) is 0.585. The van der Waals surface area contributed by atoms with Crippen molar-refractivity contribution >= 4 is 22.6 Å². The van der Waals surface area contributed by atoms with Gasteiger partial charge < -0.3 is 0 Å². The van der Waals surface area contributed by atoms with E-state index in [2.05, 4.69) is 22.6 Å². The molecule has 0 aromatic heterocycles. The molecular weight excluding hydrogens is 283 g/mol. The first-order valence-corrected chi connectivity index (χ1v) is 7.97. The average molecular weight is 300 g/mol. The summed E-state index contributed by atoms with van der Waals surface area (Å²) in [6.45, 7) is 0. The lowest BCUT2D eigenvalue weighted by molar-refractivity contribution is -0.221. The van der Waals surface area contributed by atoms with Crippen molar-refractivity contribution in [2.75, 3.05) is 4.43 Å². The van der Waals surface area contributed by atoms with Crippen LogP contribution in [-0.2, 0) is 0 Å². The fraction of sp³-hybridized carbons (Fsp3) is 1.00. The second kappa shape index (κ2) is 2.08. The van der Waals surface area contributed by atoms with Crippen LogP contribution in [0.3, 0.4) is 0 Å². The van der Waals surface area contributed by atoms with Gasteiger partial charge in [0.15, 0.2) is 0 Å². The van der Waals surface area contributed by atoms with Crippen LogP contribution in [0.5, 0.6) is 0 Å². The van der Waals surface area contributed by atoms with Gasteiger partial charge in [-0.05, 0) is 77.0 Å². The Hall–Kier alpha value is 0.730. The number of rotatable bonds is 3. The SMILES string of the molecule is ICCCC12CC1C1C3C4CC4C3C12. The van der Waals surface area contributed by atoms with Gasteiger partial charge in [-0.3, -0.25) is 0 Å². The average Bonchev–Trinajstić information content (AvgIpc) is 2.97. The molecule has 0 bridgehead atoms. The number of hydrogen-bond acceptors (Lipinski definition) is 0. The maximum absolute atomic E-state index is 2.55. The lowest BCUT2D eigenvalue weighted by Crippen LogP contribution is -2.65. The van der Waals surface area contributed by atoms with Crippen LogP contribution in [-0.4, -0.2) is 4.43 Å². The van der Waals surface area contributed by atoms with Crippen LogP contribution in [0.1, 0.15) is 25.7 Å². The predicted octanol–water partition coefficient (Wildman–Crippen LogP) is 3.35. The minimum Gasteiger partial charge on any atom is -0.0864 e. The van der Waals surface area contributed by atoms with Crippen molar-refractivity contribution in [3.8, 4) is 0 Å². The van der Waals surface area contributed by atoms with Gasteiger partial charge >= 0.3 is 0 Å². The van der Waals surface area contributed by atoms with Gasteiger partial charge in [-0.2, -0.15) is 0 Å². The van der Waals surface area contributed by atoms with Gasteiger partial charge in [0.2, 0.25) is 0 Å². The molecule has 1 heteroatoms. The molecule has 8 unspecified atom stereocenters. The van der Waals surface area contributed by atoms with Gasteiger partial charge in [0, 0.05) is 0 Å². The Morgan fingerprint density at radius 1 is 1.14 bits per heavy atom. The molecule has 5 rings (SSSR count). The van der Waals surface area contributed by atoms with E-state index in [0.29, 0.717) is 0 Å². The molecule has 5 aliphatic carbocycles. The third-order valence-corrected chi connectivity index (χ3v) is 7.44. The second-order valence-electron chi connectivity index (χ2n) is 6.66. The van der Waals surface area contributed by atoms with Crippen LogP contribution in [0.15, 0.2) is 0 Å². The Morgan fingerprint density at radius 3 is 2.86 bits per heavy atom. The summed E-state index contributed by atoms with van der Waals surface area (Å²) in [5, 5.41) is 0. The Kier molecular flexibility index (Phi) is 1.17. The van der Waals surface area contributed by atoms with Crippen molar-refractivity contribution in [2.24, 2.45) is 46.8 Å². The quantitative estimate of drug-likeness (QED) is 0.426. The van der Waals surface area contributed by atoms with E-state index >= 15 is 0 Å². The normalized spacial score (nSPS) is 73.9. The molecule has 0 aromatic carbocycles. The largest absolute Gasteiger partial charge is 0.0864 e. The van der Waals surface area contributed by atoms with E-state index in [9.17, 15) is 0 Å². The van der Waals surface area contributed by atoms with Crippen LogP contribution in [0.4, 0.5) is 0 Å². The first-order valence-electron chi connectivity index (χ1n) is 6.44. The van der Waals surface area contributed by atoms with Crippen molar-refractivity contribution in [3.63, 3.8) is 0 Å². The van der Waals surface area contributed by atoms with Crippen molar-refractivity contribution in [2.45, 2.75) is 25.7 Å². The molecule has 14 heavy (non-hydrogen) atoms. The molecular formula is C13H17I. The van der Waals surface area contributed by atoms with E-state index in [1.807, 2.05) is 0 Å². The smallest absolute Gasteiger partial charge is 0.000452 e. The summed E-state index contributed by atoms with van der Waals surface area (Å²) in [5.41, 5.74) is 0.963. The van der Waals surface area contributed by atoms with E-state index < -0.39 is 0 Å². The van der Waals surface area contributed by atoms with Crippen molar-refractivity contribution in [3.05, 3.63) is 0 Å². The van der Waals surface area contributed by atoms with Crippen LogP contribution in [0.2, 0.25) is 0 Å². The first-order chi connectivity index (χ1) is 6.88. The zero-order valence-electron chi connectivity index (χ0n) is 8.45. The molecule has 0 aromatic rings. The Balaban J connectivity index is 1.40. The minimum atomic E-state index is 0.963. The summed E-state index contributed by atoms with van der Waals surface area (Å²) in [7, 11) is 0. The predicted molar refractivity (Wildman–Crippen MR) is 64.2 cm³/mol. The molecule has 76 valence electrons. The molecule has 0 aliphatic heterocycles. The Bertz CT molecular complexity index is 319. The molecule has 0 heterocycles. The maximum atomic E-state index is 2.55. The summed E-state index contributed by atoms with van der Waals surface area (Å²) in [4.78, 5) is 0. The summed E-state index contributed by atoms with van der Waals surface area (Å²) >= 11 is 2.55. The molecule has 5 saturated carbocycles. The van der Waals surface area contributed by atoms with E-state index in [1.54, 1.807) is 19.3 Å². The highest BCUT2D eigenvalue weighted by atomic mass is 127. The van der Waals surface area contributed by atoms with Crippen LogP contribution < -0.4 is 0 Å². The molecule has 0 spiro atoms. The minimum absolute atomic E-state index is 0.963. The molecule has 0 N–H and O–H groups in total. The topological polar surface area (TPSA) is 0 Å². The van der Waals surface area contributed by atoms with Crippen LogP contribution in [0, 0.1) is 46.8 Å². The van der Waals surface area contributed by atoms with Gasteiger partial charge in [-0.25, -0.2) is 0 Å². The van der Waals surface area contributed by atoms with Gasteiger partial charge in [0.05, 0.1) is 0 Å². The molecule has 0 saturated heterocycles. The highest BCUT2D eigenvalue weighted by Gasteiger charge is 2.88.